The monoisotopic (exact) mass is 303 g/mol. The zero-order valence-electron chi connectivity index (χ0n) is 9.11. The average Bonchev–Trinajstić information content (AvgIpc) is 2.74. The highest BCUT2D eigenvalue weighted by Gasteiger charge is 2.14. The summed E-state index contributed by atoms with van der Waals surface area (Å²) in [4.78, 5) is 20.1. The Morgan fingerprint density at radius 3 is 2.83 bits per heavy atom. The predicted octanol–water partition coefficient (Wildman–Crippen LogP) is 3.11. The number of aromatic nitrogens is 2. The summed E-state index contributed by atoms with van der Waals surface area (Å²) in [5.74, 6) is -0.0595. The largest absolute Gasteiger partial charge is 0.481 e. The molecular formula is C10H7Cl2N3O2S. The number of nitrogens with zero attached hydrogens (tertiary/aromatic N) is 2. The van der Waals surface area contributed by atoms with Crippen LogP contribution in [-0.2, 0) is 0 Å². The summed E-state index contributed by atoms with van der Waals surface area (Å²) in [6, 6.07) is 3.08. The Bertz CT molecular complexity index is 588. The molecule has 5 nitrogen and oxygen atoms in total. The molecule has 2 aromatic heterocycles. The lowest BCUT2D eigenvalue weighted by Crippen LogP contribution is -2.13. The Hall–Kier alpha value is -1.37. The molecule has 1 N–H and O–H groups in total. The highest BCUT2D eigenvalue weighted by Crippen LogP contribution is 2.23. The number of hydrogen-bond acceptors (Lipinski definition) is 5. The number of thiophene rings is 1. The van der Waals surface area contributed by atoms with Gasteiger partial charge in [0.2, 0.25) is 11.8 Å². The van der Waals surface area contributed by atoms with Gasteiger partial charge in [0, 0.05) is 6.07 Å². The van der Waals surface area contributed by atoms with Crippen molar-refractivity contribution in [1.29, 1.82) is 0 Å². The van der Waals surface area contributed by atoms with Crippen LogP contribution in [0.3, 0.4) is 0 Å². The van der Waals surface area contributed by atoms with Gasteiger partial charge in [0.05, 0.1) is 12.1 Å². The van der Waals surface area contributed by atoms with Crippen molar-refractivity contribution in [2.75, 3.05) is 12.4 Å². The van der Waals surface area contributed by atoms with Crippen LogP contribution >= 0.6 is 34.5 Å². The molecular weight excluding hydrogens is 297 g/mol. The van der Waals surface area contributed by atoms with Crippen molar-refractivity contribution in [2.24, 2.45) is 0 Å². The van der Waals surface area contributed by atoms with E-state index in [1.807, 2.05) is 0 Å². The summed E-state index contributed by atoms with van der Waals surface area (Å²) in [6.45, 7) is 0. The lowest BCUT2D eigenvalue weighted by Gasteiger charge is -2.05. The van der Waals surface area contributed by atoms with Crippen molar-refractivity contribution >= 4 is 46.4 Å². The number of ether oxygens (including phenoxy) is 1. The lowest BCUT2D eigenvalue weighted by atomic mass is 10.4. The molecule has 0 aliphatic rings. The van der Waals surface area contributed by atoms with Gasteiger partial charge in [0.15, 0.2) is 0 Å². The second kappa shape index (κ2) is 5.51. The van der Waals surface area contributed by atoms with Crippen LogP contribution in [0.4, 0.5) is 5.95 Å². The van der Waals surface area contributed by atoms with Crippen molar-refractivity contribution in [3.8, 4) is 5.88 Å². The quantitative estimate of drug-likeness (QED) is 0.885. The Kier molecular flexibility index (Phi) is 4.00. The first-order valence-corrected chi connectivity index (χ1v) is 6.36. The molecule has 0 aromatic carbocycles. The van der Waals surface area contributed by atoms with Gasteiger partial charge in [0.25, 0.3) is 5.91 Å². The van der Waals surface area contributed by atoms with Gasteiger partial charge < -0.3 is 4.74 Å². The number of carbonyl (C=O) groups is 1. The Morgan fingerprint density at radius 2 is 2.22 bits per heavy atom. The molecule has 8 heteroatoms. The fourth-order valence-corrected chi connectivity index (χ4v) is 2.38. The summed E-state index contributed by atoms with van der Waals surface area (Å²) in [5, 5.41) is 4.78. The van der Waals surface area contributed by atoms with Gasteiger partial charge in [-0.3, -0.25) is 10.1 Å². The van der Waals surface area contributed by atoms with Crippen LogP contribution in [0.5, 0.6) is 5.88 Å². The minimum atomic E-state index is -0.390. The molecule has 94 valence electrons. The first-order valence-electron chi connectivity index (χ1n) is 4.73. The normalized spacial score (nSPS) is 10.2. The van der Waals surface area contributed by atoms with Crippen molar-refractivity contribution in [3.63, 3.8) is 0 Å². The Labute approximate surface area is 117 Å². The molecule has 0 saturated heterocycles. The smallest absolute Gasteiger partial charge is 0.269 e. The highest BCUT2D eigenvalue weighted by atomic mass is 35.5. The third-order valence-electron chi connectivity index (χ3n) is 1.93. The third kappa shape index (κ3) is 2.90. The maximum Gasteiger partial charge on any atom is 0.269 e. The minimum Gasteiger partial charge on any atom is -0.481 e. The van der Waals surface area contributed by atoms with Gasteiger partial charge >= 0.3 is 0 Å². The summed E-state index contributed by atoms with van der Waals surface area (Å²) >= 11 is 12.8. The molecule has 0 saturated carbocycles. The molecule has 2 aromatic rings. The van der Waals surface area contributed by atoms with Crippen LogP contribution in [0.2, 0.25) is 10.2 Å². The fourth-order valence-electron chi connectivity index (χ4n) is 1.17. The molecule has 0 aliphatic heterocycles. The van der Waals surface area contributed by atoms with Crippen LogP contribution < -0.4 is 10.1 Å². The van der Waals surface area contributed by atoms with Gasteiger partial charge in [-0.15, -0.1) is 11.3 Å². The van der Waals surface area contributed by atoms with E-state index in [4.69, 9.17) is 27.9 Å². The van der Waals surface area contributed by atoms with Crippen molar-refractivity contribution in [2.45, 2.75) is 0 Å². The van der Waals surface area contributed by atoms with E-state index in [-0.39, 0.29) is 22.9 Å². The number of nitrogens with one attached hydrogen (secondary N) is 1. The van der Waals surface area contributed by atoms with E-state index in [2.05, 4.69) is 15.3 Å². The third-order valence-corrected chi connectivity index (χ3v) is 3.46. The van der Waals surface area contributed by atoms with E-state index in [1.54, 1.807) is 11.4 Å². The van der Waals surface area contributed by atoms with Gasteiger partial charge in [-0.2, -0.15) is 4.98 Å². The minimum absolute atomic E-state index is 0.0637. The molecule has 18 heavy (non-hydrogen) atoms. The summed E-state index contributed by atoms with van der Waals surface area (Å²) < 4.78 is 4.92. The molecule has 0 aliphatic carbocycles. The van der Waals surface area contributed by atoms with Crippen LogP contribution in [0.15, 0.2) is 17.5 Å². The zero-order valence-corrected chi connectivity index (χ0v) is 11.4. The molecule has 2 heterocycles. The van der Waals surface area contributed by atoms with Gasteiger partial charge in [-0.05, 0) is 11.4 Å². The number of hydrogen-bond donors (Lipinski definition) is 1. The summed E-state index contributed by atoms with van der Waals surface area (Å²) in [5.41, 5.74) is 0. The van der Waals surface area contributed by atoms with E-state index in [1.165, 1.54) is 24.5 Å². The summed E-state index contributed by atoms with van der Waals surface area (Å²) in [7, 11) is 1.44. The zero-order chi connectivity index (χ0) is 13.1. The predicted molar refractivity (Wildman–Crippen MR) is 70.9 cm³/mol. The van der Waals surface area contributed by atoms with Crippen LogP contribution in [0.25, 0.3) is 0 Å². The van der Waals surface area contributed by atoms with E-state index < -0.39 is 0 Å². The van der Waals surface area contributed by atoms with Gasteiger partial charge in [-0.25, -0.2) is 4.98 Å². The molecule has 0 spiro atoms. The standard InChI is InChI=1S/C10H7Cl2N3O2S/c1-17-7-4-6(12)13-10(14-7)15-9(16)8-5(11)2-3-18-8/h2-4H,1H3,(H,13,14,15,16). The molecule has 0 bridgehead atoms. The number of amides is 1. The van der Waals surface area contributed by atoms with Gasteiger partial charge in [-0.1, -0.05) is 23.2 Å². The SMILES string of the molecule is COc1cc(Cl)nc(NC(=O)c2sccc2Cl)n1. The van der Waals surface area contributed by atoms with E-state index in [0.29, 0.717) is 9.90 Å². The van der Waals surface area contributed by atoms with Gasteiger partial charge in [0.1, 0.15) is 10.0 Å². The Morgan fingerprint density at radius 1 is 1.44 bits per heavy atom. The number of methoxy groups -OCH3 is 1. The molecule has 1 amide bonds. The van der Waals surface area contributed by atoms with Crippen molar-refractivity contribution in [1.82, 2.24) is 9.97 Å². The van der Waals surface area contributed by atoms with Crippen LogP contribution in [0.1, 0.15) is 9.67 Å². The number of anilines is 1. The van der Waals surface area contributed by atoms with Crippen molar-refractivity contribution in [3.05, 3.63) is 32.6 Å². The summed E-state index contributed by atoms with van der Waals surface area (Å²) in [6.07, 6.45) is 0. The molecule has 0 radical (unpaired) electrons. The first-order chi connectivity index (χ1) is 8.60. The van der Waals surface area contributed by atoms with E-state index >= 15 is 0 Å². The van der Waals surface area contributed by atoms with Crippen LogP contribution in [0, 0.1) is 0 Å². The maximum atomic E-state index is 11.9. The lowest BCUT2D eigenvalue weighted by molar-refractivity contribution is 0.103. The molecule has 0 fully saturated rings. The van der Waals surface area contributed by atoms with E-state index in [0.717, 1.165) is 0 Å². The fraction of sp³-hybridized carbons (Fsp3) is 0.100. The van der Waals surface area contributed by atoms with Crippen LogP contribution in [-0.4, -0.2) is 23.0 Å². The molecule has 2 rings (SSSR count). The van der Waals surface area contributed by atoms with E-state index in [9.17, 15) is 4.79 Å². The average molecular weight is 304 g/mol. The molecule has 0 unspecified atom stereocenters. The number of carbonyl (C=O) groups excluding carboxylic acids is 1. The number of halogens is 2. The Balaban J connectivity index is 2.22. The van der Waals surface area contributed by atoms with Crippen molar-refractivity contribution < 1.29 is 9.53 Å². The number of rotatable bonds is 3. The highest BCUT2D eigenvalue weighted by molar-refractivity contribution is 7.12. The second-order valence-electron chi connectivity index (χ2n) is 3.11. The first kappa shape index (κ1) is 13.1. The topological polar surface area (TPSA) is 64.1 Å². The molecule has 0 atom stereocenters. The second-order valence-corrected chi connectivity index (χ2v) is 4.82. The maximum absolute atomic E-state index is 11.9.